The fourth-order valence-corrected chi connectivity index (χ4v) is 2.83. The molecule has 17 heavy (non-hydrogen) atoms. The highest BCUT2D eigenvalue weighted by Crippen LogP contribution is 2.27. The third-order valence-corrected chi connectivity index (χ3v) is 4.04. The van der Waals surface area contributed by atoms with Crippen molar-refractivity contribution in [1.82, 2.24) is 5.32 Å². The molecule has 0 bridgehead atoms. The summed E-state index contributed by atoms with van der Waals surface area (Å²) in [5.41, 5.74) is 0. The molecule has 1 fully saturated rings. The fourth-order valence-electron chi connectivity index (χ4n) is 2.83. The zero-order valence-electron chi connectivity index (χ0n) is 12.0. The standard InChI is InChI=1S/C15H29NO/c1-5-12(4)15(17)13-7-6-8-14(10-9-13)16-11(2)3/h11-14,16H,5-10H2,1-4H3. The number of rotatable bonds is 5. The minimum atomic E-state index is 0.259. The largest absolute Gasteiger partial charge is 0.312 e. The zero-order valence-corrected chi connectivity index (χ0v) is 12.0. The van der Waals surface area contributed by atoms with Gasteiger partial charge in [-0.2, -0.15) is 0 Å². The monoisotopic (exact) mass is 239 g/mol. The quantitative estimate of drug-likeness (QED) is 0.743. The Morgan fingerprint density at radius 3 is 2.47 bits per heavy atom. The van der Waals surface area contributed by atoms with Crippen molar-refractivity contribution in [2.24, 2.45) is 11.8 Å². The fraction of sp³-hybridized carbons (Fsp3) is 0.933. The molecule has 100 valence electrons. The van der Waals surface area contributed by atoms with E-state index in [1.807, 2.05) is 0 Å². The van der Waals surface area contributed by atoms with E-state index in [-0.39, 0.29) is 5.92 Å². The number of carbonyl (C=O) groups excluding carboxylic acids is 1. The number of ketones is 1. The molecule has 0 spiro atoms. The molecule has 1 N–H and O–H groups in total. The smallest absolute Gasteiger partial charge is 0.138 e. The van der Waals surface area contributed by atoms with Gasteiger partial charge >= 0.3 is 0 Å². The number of nitrogens with one attached hydrogen (secondary N) is 1. The van der Waals surface area contributed by atoms with Gasteiger partial charge in [0.15, 0.2) is 0 Å². The van der Waals surface area contributed by atoms with Crippen LogP contribution >= 0.6 is 0 Å². The van der Waals surface area contributed by atoms with Crippen LogP contribution < -0.4 is 5.32 Å². The van der Waals surface area contributed by atoms with Crippen LogP contribution in [0.15, 0.2) is 0 Å². The SMILES string of the molecule is CCC(C)C(=O)C1CCCC(NC(C)C)CC1. The molecule has 0 saturated heterocycles. The highest BCUT2D eigenvalue weighted by Gasteiger charge is 2.26. The lowest BCUT2D eigenvalue weighted by Crippen LogP contribution is -2.34. The van der Waals surface area contributed by atoms with Crippen LogP contribution in [0.2, 0.25) is 0 Å². The maximum Gasteiger partial charge on any atom is 0.138 e. The number of carbonyl (C=O) groups is 1. The molecule has 0 aromatic carbocycles. The first-order valence-corrected chi connectivity index (χ1v) is 7.34. The Morgan fingerprint density at radius 2 is 1.88 bits per heavy atom. The summed E-state index contributed by atoms with van der Waals surface area (Å²) >= 11 is 0. The number of hydrogen-bond donors (Lipinski definition) is 1. The van der Waals surface area contributed by atoms with E-state index in [1.54, 1.807) is 0 Å². The summed E-state index contributed by atoms with van der Waals surface area (Å²) in [4.78, 5) is 12.2. The van der Waals surface area contributed by atoms with Gasteiger partial charge in [0, 0.05) is 23.9 Å². The maximum atomic E-state index is 12.2. The third-order valence-electron chi connectivity index (χ3n) is 4.04. The molecule has 1 rings (SSSR count). The van der Waals surface area contributed by atoms with Gasteiger partial charge in [0.25, 0.3) is 0 Å². The van der Waals surface area contributed by atoms with Gasteiger partial charge in [0.1, 0.15) is 5.78 Å². The highest BCUT2D eigenvalue weighted by atomic mass is 16.1. The van der Waals surface area contributed by atoms with Crippen LogP contribution in [0.3, 0.4) is 0 Å². The van der Waals surface area contributed by atoms with Crippen molar-refractivity contribution in [3.63, 3.8) is 0 Å². The zero-order chi connectivity index (χ0) is 12.8. The summed E-state index contributed by atoms with van der Waals surface area (Å²) in [7, 11) is 0. The molecule has 2 heteroatoms. The Morgan fingerprint density at radius 1 is 1.18 bits per heavy atom. The van der Waals surface area contributed by atoms with E-state index in [9.17, 15) is 4.79 Å². The van der Waals surface area contributed by atoms with Crippen LogP contribution in [0.25, 0.3) is 0 Å². The van der Waals surface area contributed by atoms with Gasteiger partial charge in [-0.1, -0.05) is 34.1 Å². The van der Waals surface area contributed by atoms with Gasteiger partial charge in [-0.25, -0.2) is 0 Å². The lowest BCUT2D eigenvalue weighted by Gasteiger charge is -2.20. The Balaban J connectivity index is 2.44. The van der Waals surface area contributed by atoms with Crippen molar-refractivity contribution >= 4 is 5.78 Å². The van der Waals surface area contributed by atoms with Crippen LogP contribution in [0.1, 0.15) is 66.2 Å². The Labute approximate surface area is 107 Å². The average molecular weight is 239 g/mol. The maximum absolute atomic E-state index is 12.2. The molecule has 0 radical (unpaired) electrons. The molecule has 0 aromatic heterocycles. The summed E-state index contributed by atoms with van der Waals surface area (Å²) < 4.78 is 0. The van der Waals surface area contributed by atoms with Crippen molar-refractivity contribution in [3.8, 4) is 0 Å². The van der Waals surface area contributed by atoms with Gasteiger partial charge in [0.2, 0.25) is 0 Å². The molecule has 1 aliphatic rings. The molecule has 0 amide bonds. The summed E-state index contributed by atoms with van der Waals surface area (Å²) in [6.07, 6.45) is 6.81. The molecular formula is C15H29NO. The molecular weight excluding hydrogens is 210 g/mol. The second kappa shape index (κ2) is 7.15. The van der Waals surface area contributed by atoms with E-state index >= 15 is 0 Å². The number of hydrogen-bond acceptors (Lipinski definition) is 2. The Bertz CT molecular complexity index is 237. The summed E-state index contributed by atoms with van der Waals surface area (Å²) in [5.74, 6) is 1.11. The minimum Gasteiger partial charge on any atom is -0.312 e. The lowest BCUT2D eigenvalue weighted by molar-refractivity contribution is -0.126. The molecule has 0 aromatic rings. The summed E-state index contributed by atoms with van der Waals surface area (Å²) in [6.45, 7) is 8.60. The van der Waals surface area contributed by atoms with Gasteiger partial charge < -0.3 is 5.32 Å². The topological polar surface area (TPSA) is 29.1 Å². The minimum absolute atomic E-state index is 0.259. The molecule has 1 aliphatic carbocycles. The van der Waals surface area contributed by atoms with Gasteiger partial charge in [-0.3, -0.25) is 4.79 Å². The lowest BCUT2D eigenvalue weighted by atomic mass is 9.87. The predicted molar refractivity (Wildman–Crippen MR) is 73.1 cm³/mol. The van der Waals surface area contributed by atoms with E-state index < -0.39 is 0 Å². The van der Waals surface area contributed by atoms with Crippen molar-refractivity contribution in [2.45, 2.75) is 78.3 Å². The second-order valence-electron chi connectivity index (χ2n) is 5.94. The van der Waals surface area contributed by atoms with Crippen molar-refractivity contribution < 1.29 is 4.79 Å². The summed E-state index contributed by atoms with van der Waals surface area (Å²) in [6, 6.07) is 1.19. The van der Waals surface area contributed by atoms with E-state index in [0.717, 1.165) is 19.3 Å². The second-order valence-corrected chi connectivity index (χ2v) is 5.94. The van der Waals surface area contributed by atoms with Crippen LogP contribution in [0.4, 0.5) is 0 Å². The first kappa shape index (κ1) is 14.7. The molecule has 3 atom stereocenters. The average Bonchev–Trinajstić information content (AvgIpc) is 2.52. The molecule has 0 aliphatic heterocycles. The van der Waals surface area contributed by atoms with Gasteiger partial charge in [0.05, 0.1) is 0 Å². The van der Waals surface area contributed by atoms with Crippen LogP contribution in [0.5, 0.6) is 0 Å². The van der Waals surface area contributed by atoms with Crippen LogP contribution in [-0.4, -0.2) is 17.9 Å². The van der Waals surface area contributed by atoms with E-state index in [1.165, 1.54) is 19.3 Å². The summed E-state index contributed by atoms with van der Waals surface area (Å²) in [5, 5.41) is 3.61. The number of Topliss-reactive ketones (excluding diaryl/α,β-unsaturated/α-hetero) is 1. The normalized spacial score (nSPS) is 27.8. The third kappa shape index (κ3) is 4.79. The molecule has 0 heterocycles. The van der Waals surface area contributed by atoms with Crippen molar-refractivity contribution in [3.05, 3.63) is 0 Å². The molecule has 1 saturated carbocycles. The van der Waals surface area contributed by atoms with Crippen molar-refractivity contribution in [2.75, 3.05) is 0 Å². The Kier molecular flexibility index (Phi) is 6.18. The first-order chi connectivity index (χ1) is 8.04. The van der Waals surface area contributed by atoms with E-state index in [2.05, 4.69) is 33.0 Å². The van der Waals surface area contributed by atoms with Gasteiger partial charge in [-0.15, -0.1) is 0 Å². The van der Waals surface area contributed by atoms with Crippen LogP contribution in [-0.2, 0) is 4.79 Å². The highest BCUT2D eigenvalue weighted by molar-refractivity contribution is 5.83. The molecule has 3 unspecified atom stereocenters. The van der Waals surface area contributed by atoms with E-state index in [0.29, 0.717) is 23.8 Å². The van der Waals surface area contributed by atoms with Crippen molar-refractivity contribution in [1.29, 1.82) is 0 Å². The Hall–Kier alpha value is -0.370. The van der Waals surface area contributed by atoms with Gasteiger partial charge in [-0.05, 0) is 32.1 Å². The molecule has 2 nitrogen and oxygen atoms in total. The van der Waals surface area contributed by atoms with Crippen LogP contribution in [0, 0.1) is 11.8 Å². The first-order valence-electron chi connectivity index (χ1n) is 7.34. The predicted octanol–water partition coefficient (Wildman–Crippen LogP) is 3.55. The van der Waals surface area contributed by atoms with E-state index in [4.69, 9.17) is 0 Å².